The fourth-order valence-corrected chi connectivity index (χ4v) is 2.37. The lowest BCUT2D eigenvalue weighted by atomic mass is 10.0. The molecule has 1 N–H and O–H groups in total. The van der Waals surface area contributed by atoms with E-state index < -0.39 is 0 Å². The van der Waals surface area contributed by atoms with Gasteiger partial charge in [0.05, 0.1) is 5.56 Å². The molecule has 1 saturated heterocycles. The van der Waals surface area contributed by atoms with Crippen LogP contribution in [-0.4, -0.2) is 36.5 Å². The van der Waals surface area contributed by atoms with E-state index in [1.54, 1.807) is 6.26 Å². The summed E-state index contributed by atoms with van der Waals surface area (Å²) in [7, 11) is 0. The summed E-state index contributed by atoms with van der Waals surface area (Å²) in [5, 5.41) is 3.52. The summed E-state index contributed by atoms with van der Waals surface area (Å²) in [5.41, 5.74) is 0.674. The monoisotopic (exact) mass is 250 g/mol. The molecule has 4 nitrogen and oxygen atoms in total. The maximum absolute atomic E-state index is 12.2. The van der Waals surface area contributed by atoms with Gasteiger partial charge in [0.1, 0.15) is 12.0 Å². The van der Waals surface area contributed by atoms with E-state index in [9.17, 15) is 4.79 Å². The Balaban J connectivity index is 1.84. The summed E-state index contributed by atoms with van der Waals surface area (Å²) in [6.45, 7) is 6.78. The van der Waals surface area contributed by atoms with Crippen LogP contribution >= 0.6 is 0 Å². The van der Waals surface area contributed by atoms with Crippen LogP contribution in [0.25, 0.3) is 0 Å². The van der Waals surface area contributed by atoms with Crippen LogP contribution in [0.15, 0.2) is 16.7 Å². The highest BCUT2D eigenvalue weighted by Crippen LogP contribution is 2.15. The summed E-state index contributed by atoms with van der Waals surface area (Å²) in [4.78, 5) is 14.1. The standard InChI is InChI=1S/C14H22N2O2/c1-3-6-15-13-4-7-16(8-5-13)14(17)12-9-11(2)18-10-12/h9-10,13,15H,3-8H2,1-2H3. The average Bonchev–Trinajstić information content (AvgIpc) is 2.83. The molecular weight excluding hydrogens is 228 g/mol. The van der Waals surface area contributed by atoms with Gasteiger partial charge in [-0.1, -0.05) is 6.92 Å². The van der Waals surface area contributed by atoms with Crippen molar-refractivity contribution < 1.29 is 9.21 Å². The minimum Gasteiger partial charge on any atom is -0.469 e. The largest absolute Gasteiger partial charge is 0.469 e. The second-order valence-electron chi connectivity index (χ2n) is 4.97. The molecule has 100 valence electrons. The maximum atomic E-state index is 12.2. The van der Waals surface area contributed by atoms with Crippen molar-refractivity contribution in [3.8, 4) is 0 Å². The molecule has 18 heavy (non-hydrogen) atoms. The summed E-state index contributed by atoms with van der Waals surface area (Å²) < 4.78 is 5.19. The molecule has 4 heteroatoms. The molecule has 0 spiro atoms. The van der Waals surface area contributed by atoms with Gasteiger partial charge >= 0.3 is 0 Å². The first-order valence-corrected chi connectivity index (χ1v) is 6.78. The van der Waals surface area contributed by atoms with Crippen molar-refractivity contribution in [3.05, 3.63) is 23.7 Å². The van der Waals surface area contributed by atoms with Crippen LogP contribution in [0, 0.1) is 6.92 Å². The molecular formula is C14H22N2O2. The number of nitrogens with one attached hydrogen (secondary N) is 1. The van der Waals surface area contributed by atoms with E-state index in [-0.39, 0.29) is 5.91 Å². The molecule has 1 aliphatic rings. The van der Waals surface area contributed by atoms with Gasteiger partial charge in [-0.15, -0.1) is 0 Å². The first kappa shape index (κ1) is 13.1. The van der Waals surface area contributed by atoms with Crippen molar-refractivity contribution in [2.45, 2.75) is 39.2 Å². The van der Waals surface area contributed by atoms with Gasteiger partial charge in [0.15, 0.2) is 0 Å². The number of aryl methyl sites for hydroxylation is 1. The van der Waals surface area contributed by atoms with Crippen LogP contribution in [-0.2, 0) is 0 Å². The lowest BCUT2D eigenvalue weighted by Gasteiger charge is -2.32. The Kier molecular flexibility index (Phi) is 4.42. The number of amides is 1. The fourth-order valence-electron chi connectivity index (χ4n) is 2.37. The van der Waals surface area contributed by atoms with E-state index in [2.05, 4.69) is 12.2 Å². The molecule has 1 aromatic heterocycles. The maximum Gasteiger partial charge on any atom is 0.257 e. The third-order valence-electron chi connectivity index (χ3n) is 3.44. The predicted octanol–water partition coefficient (Wildman–Crippen LogP) is 2.19. The molecule has 1 fully saturated rings. The number of nitrogens with zero attached hydrogens (tertiary/aromatic N) is 1. The van der Waals surface area contributed by atoms with Crippen LogP contribution < -0.4 is 5.32 Å². The second kappa shape index (κ2) is 6.05. The van der Waals surface area contributed by atoms with Crippen LogP contribution in [0.5, 0.6) is 0 Å². The van der Waals surface area contributed by atoms with Gasteiger partial charge in [-0.25, -0.2) is 0 Å². The van der Waals surface area contributed by atoms with Crippen LogP contribution in [0.1, 0.15) is 42.3 Å². The first-order valence-electron chi connectivity index (χ1n) is 6.78. The third-order valence-corrected chi connectivity index (χ3v) is 3.44. The van der Waals surface area contributed by atoms with Crippen LogP contribution in [0.4, 0.5) is 0 Å². The first-order chi connectivity index (χ1) is 8.70. The number of rotatable bonds is 4. The molecule has 0 aliphatic carbocycles. The molecule has 2 rings (SSSR count). The zero-order valence-corrected chi connectivity index (χ0v) is 11.2. The number of carbonyl (C=O) groups excluding carboxylic acids is 1. The van der Waals surface area contributed by atoms with E-state index >= 15 is 0 Å². The Bertz CT molecular complexity index is 392. The number of furan rings is 1. The highest BCUT2D eigenvalue weighted by atomic mass is 16.3. The molecule has 1 aliphatic heterocycles. The molecule has 0 unspecified atom stereocenters. The van der Waals surface area contributed by atoms with E-state index in [1.807, 2.05) is 17.9 Å². The second-order valence-corrected chi connectivity index (χ2v) is 4.97. The van der Waals surface area contributed by atoms with Crippen LogP contribution in [0.2, 0.25) is 0 Å². The van der Waals surface area contributed by atoms with E-state index in [0.717, 1.165) is 44.7 Å². The normalized spacial score (nSPS) is 17.1. The van der Waals surface area contributed by atoms with Gasteiger partial charge in [0.25, 0.3) is 5.91 Å². The zero-order chi connectivity index (χ0) is 13.0. The molecule has 1 aromatic rings. The van der Waals surface area contributed by atoms with E-state index in [4.69, 9.17) is 4.42 Å². The molecule has 0 saturated carbocycles. The molecule has 0 bridgehead atoms. The minimum atomic E-state index is 0.0980. The van der Waals surface area contributed by atoms with Crippen molar-refractivity contribution in [2.75, 3.05) is 19.6 Å². The highest BCUT2D eigenvalue weighted by Gasteiger charge is 2.23. The topological polar surface area (TPSA) is 45.5 Å². The van der Waals surface area contributed by atoms with Crippen molar-refractivity contribution in [1.29, 1.82) is 0 Å². The summed E-state index contributed by atoms with van der Waals surface area (Å²) in [6.07, 6.45) is 4.80. The number of likely N-dealkylation sites (tertiary alicyclic amines) is 1. The zero-order valence-electron chi connectivity index (χ0n) is 11.2. The number of piperidine rings is 1. The molecule has 1 amide bonds. The quantitative estimate of drug-likeness (QED) is 0.891. The van der Waals surface area contributed by atoms with Gasteiger partial charge in [-0.05, 0) is 38.8 Å². The van der Waals surface area contributed by atoms with E-state index in [0.29, 0.717) is 11.6 Å². The smallest absolute Gasteiger partial charge is 0.257 e. The lowest BCUT2D eigenvalue weighted by molar-refractivity contribution is 0.0704. The Morgan fingerprint density at radius 3 is 2.78 bits per heavy atom. The Hall–Kier alpha value is -1.29. The SMILES string of the molecule is CCCNC1CCN(C(=O)c2coc(C)c2)CC1. The molecule has 2 heterocycles. The summed E-state index contributed by atoms with van der Waals surface area (Å²) in [6, 6.07) is 2.38. The predicted molar refractivity (Wildman–Crippen MR) is 70.7 cm³/mol. The van der Waals surface area contributed by atoms with Crippen molar-refractivity contribution >= 4 is 5.91 Å². The summed E-state index contributed by atoms with van der Waals surface area (Å²) in [5.74, 6) is 0.888. The van der Waals surface area contributed by atoms with Gasteiger partial charge in [-0.3, -0.25) is 4.79 Å². The van der Waals surface area contributed by atoms with Gasteiger partial charge in [0, 0.05) is 19.1 Å². The van der Waals surface area contributed by atoms with Gasteiger partial charge in [-0.2, -0.15) is 0 Å². The Labute approximate surface area is 108 Å². The van der Waals surface area contributed by atoms with Crippen molar-refractivity contribution in [1.82, 2.24) is 10.2 Å². The fraction of sp³-hybridized carbons (Fsp3) is 0.643. The number of carbonyl (C=O) groups is 1. The molecule has 0 atom stereocenters. The van der Waals surface area contributed by atoms with E-state index in [1.165, 1.54) is 0 Å². The lowest BCUT2D eigenvalue weighted by Crippen LogP contribution is -2.45. The number of hydrogen-bond donors (Lipinski definition) is 1. The van der Waals surface area contributed by atoms with Crippen LogP contribution in [0.3, 0.4) is 0 Å². The number of hydrogen-bond acceptors (Lipinski definition) is 3. The van der Waals surface area contributed by atoms with Gasteiger partial charge in [0.2, 0.25) is 0 Å². The molecule has 0 radical (unpaired) electrons. The van der Waals surface area contributed by atoms with Crippen molar-refractivity contribution in [2.24, 2.45) is 0 Å². The minimum absolute atomic E-state index is 0.0980. The van der Waals surface area contributed by atoms with Gasteiger partial charge < -0.3 is 14.6 Å². The molecule has 0 aromatic carbocycles. The summed E-state index contributed by atoms with van der Waals surface area (Å²) >= 11 is 0. The third kappa shape index (κ3) is 3.13. The average molecular weight is 250 g/mol. The Morgan fingerprint density at radius 1 is 1.50 bits per heavy atom. The Morgan fingerprint density at radius 2 is 2.22 bits per heavy atom. The van der Waals surface area contributed by atoms with Crippen molar-refractivity contribution in [3.63, 3.8) is 0 Å². The highest BCUT2D eigenvalue weighted by molar-refractivity contribution is 5.94.